The summed E-state index contributed by atoms with van der Waals surface area (Å²) in [5.74, 6) is 0.125. The predicted octanol–water partition coefficient (Wildman–Crippen LogP) is 1.13. The molecule has 0 aromatic rings. The fraction of sp³-hybridized carbons (Fsp3) is 0.800. The van der Waals surface area contributed by atoms with Crippen LogP contribution in [0.25, 0.3) is 0 Å². The molecule has 0 radical (unpaired) electrons. The van der Waals surface area contributed by atoms with Crippen LogP contribution in [0.3, 0.4) is 0 Å². The number of hydrogen-bond acceptors (Lipinski definition) is 1. The van der Waals surface area contributed by atoms with Crippen molar-refractivity contribution in [3.8, 4) is 0 Å². The molecule has 0 spiro atoms. The van der Waals surface area contributed by atoms with Crippen LogP contribution in [0.15, 0.2) is 0 Å². The molecular formula is C5H8O. The standard InChI is InChI=1S/C5H8O/c6-5-3-1-2-4-5/h1-4H2/i3T. The second kappa shape index (κ2) is 1.41. The average molecular weight is 86.1 g/mol. The maximum atomic E-state index is 10.4. The molecule has 1 heteroatoms. The van der Waals surface area contributed by atoms with E-state index in [2.05, 4.69) is 0 Å². The van der Waals surface area contributed by atoms with E-state index in [0.29, 0.717) is 6.42 Å². The summed E-state index contributed by atoms with van der Waals surface area (Å²) in [6, 6.07) is 0. The van der Waals surface area contributed by atoms with Crippen LogP contribution in [-0.4, -0.2) is 5.78 Å². The monoisotopic (exact) mass is 86.1 g/mol. The SMILES string of the molecule is [3H]C1CCCC1=O. The van der Waals surface area contributed by atoms with E-state index >= 15 is 0 Å². The quantitative estimate of drug-likeness (QED) is 0.432. The van der Waals surface area contributed by atoms with Gasteiger partial charge in [-0.3, -0.25) is 4.79 Å². The topological polar surface area (TPSA) is 17.1 Å². The summed E-state index contributed by atoms with van der Waals surface area (Å²) in [6.07, 6.45) is 2.00. The van der Waals surface area contributed by atoms with Crippen molar-refractivity contribution in [2.75, 3.05) is 0 Å². The fourth-order valence-corrected chi connectivity index (χ4v) is 0.641. The van der Waals surface area contributed by atoms with Crippen LogP contribution in [0, 0.1) is 0 Å². The van der Waals surface area contributed by atoms with Crippen LogP contribution in [0.4, 0.5) is 0 Å². The van der Waals surface area contributed by atoms with Crippen molar-refractivity contribution >= 4 is 5.78 Å². The molecule has 1 atom stereocenters. The Morgan fingerprint density at radius 2 is 2.50 bits per heavy atom. The zero-order chi connectivity index (χ0) is 5.28. The first-order valence-corrected chi connectivity index (χ1v) is 2.25. The Hall–Kier alpha value is -0.330. The first kappa shape index (κ1) is 2.78. The van der Waals surface area contributed by atoms with E-state index in [1.54, 1.807) is 0 Å². The summed E-state index contributed by atoms with van der Waals surface area (Å²) >= 11 is 0. The van der Waals surface area contributed by atoms with Gasteiger partial charge in [0.05, 0.1) is 0 Å². The highest BCUT2D eigenvalue weighted by molar-refractivity contribution is 5.79. The van der Waals surface area contributed by atoms with Crippen molar-refractivity contribution in [1.29, 1.82) is 0 Å². The van der Waals surface area contributed by atoms with E-state index in [1.807, 2.05) is 0 Å². The Morgan fingerprint density at radius 3 is 2.67 bits per heavy atom. The zero-order valence-electron chi connectivity index (χ0n) is 4.61. The van der Waals surface area contributed by atoms with Gasteiger partial charge in [-0.25, -0.2) is 0 Å². The molecule has 1 unspecified atom stereocenters. The highest BCUT2D eigenvalue weighted by Crippen LogP contribution is 2.11. The molecule has 1 nitrogen and oxygen atoms in total. The molecule has 34 valence electrons. The molecule has 6 heavy (non-hydrogen) atoms. The van der Waals surface area contributed by atoms with E-state index < -0.39 is 0 Å². The molecule has 0 bridgehead atoms. The minimum Gasteiger partial charge on any atom is -0.300 e. The lowest BCUT2D eigenvalue weighted by molar-refractivity contribution is -0.117. The molecular weight excluding hydrogens is 76.1 g/mol. The Kier molecular flexibility index (Phi) is 0.655. The molecule has 1 saturated carbocycles. The Morgan fingerprint density at radius 1 is 1.67 bits per heavy atom. The maximum Gasteiger partial charge on any atom is 0.132 e. The summed E-state index contributed by atoms with van der Waals surface area (Å²) < 4.78 is 6.99. The summed E-state index contributed by atoms with van der Waals surface area (Å²) in [6.45, 7) is 0. The molecule has 1 rings (SSSR count). The summed E-state index contributed by atoms with van der Waals surface area (Å²) in [5.41, 5.74) is 0. The van der Waals surface area contributed by atoms with E-state index in [4.69, 9.17) is 1.37 Å². The van der Waals surface area contributed by atoms with Gasteiger partial charge in [0.2, 0.25) is 0 Å². The van der Waals surface area contributed by atoms with E-state index in [-0.39, 0.29) is 12.2 Å². The van der Waals surface area contributed by atoms with Gasteiger partial charge in [-0.15, -0.1) is 0 Å². The first-order valence-electron chi connectivity index (χ1n) is 2.83. The molecule has 1 aliphatic rings. The highest BCUT2D eigenvalue weighted by atomic mass is 16.1. The van der Waals surface area contributed by atoms with Crippen LogP contribution in [0.2, 0.25) is 0 Å². The van der Waals surface area contributed by atoms with Crippen LogP contribution >= 0.6 is 0 Å². The van der Waals surface area contributed by atoms with Gasteiger partial charge in [0, 0.05) is 14.2 Å². The minimum atomic E-state index is -0.375. The molecule has 0 aromatic carbocycles. The number of Topliss-reactive ketones (excluding diaryl/α,β-unsaturated/α-hetero) is 1. The Bertz CT molecular complexity index is 90.1. The number of rotatable bonds is 0. The van der Waals surface area contributed by atoms with Crippen molar-refractivity contribution < 1.29 is 6.17 Å². The molecule has 0 saturated heterocycles. The number of carbonyl (C=O) groups excluding carboxylic acids is 1. The van der Waals surface area contributed by atoms with Crippen molar-refractivity contribution in [1.82, 2.24) is 0 Å². The third-order valence-corrected chi connectivity index (χ3v) is 0.999. The van der Waals surface area contributed by atoms with Gasteiger partial charge in [0.25, 0.3) is 0 Å². The Labute approximate surface area is 38.8 Å². The van der Waals surface area contributed by atoms with Gasteiger partial charge in [-0.1, -0.05) is 0 Å². The summed E-state index contributed by atoms with van der Waals surface area (Å²) in [7, 11) is 0. The maximum absolute atomic E-state index is 10.4. The molecule has 0 aromatic heterocycles. The lowest BCUT2D eigenvalue weighted by Crippen LogP contribution is -1.81. The normalized spacial score (nSPS) is 37.0. The van der Waals surface area contributed by atoms with Crippen LogP contribution in [0.5, 0.6) is 0 Å². The van der Waals surface area contributed by atoms with Crippen molar-refractivity contribution in [2.24, 2.45) is 0 Å². The zero-order valence-corrected chi connectivity index (χ0v) is 3.61. The molecule has 0 amide bonds. The first-order chi connectivity index (χ1) is 3.30. The van der Waals surface area contributed by atoms with Gasteiger partial charge in [0.15, 0.2) is 0 Å². The lowest BCUT2D eigenvalue weighted by atomic mass is 10.4. The van der Waals surface area contributed by atoms with Crippen molar-refractivity contribution in [2.45, 2.75) is 25.7 Å². The third kappa shape index (κ3) is 0.588. The average Bonchev–Trinajstić information content (AvgIpc) is 1.91. The number of ketones is 1. The predicted molar refractivity (Wildman–Crippen MR) is 23.5 cm³/mol. The molecule has 0 N–H and O–H groups in total. The highest BCUT2D eigenvalue weighted by Gasteiger charge is 2.07. The van der Waals surface area contributed by atoms with Gasteiger partial charge in [-0.05, 0) is 12.8 Å². The van der Waals surface area contributed by atoms with E-state index in [9.17, 15) is 4.79 Å². The largest absolute Gasteiger partial charge is 0.300 e. The number of carbonyl (C=O) groups is 1. The minimum absolute atomic E-state index is 0.125. The second-order valence-electron chi connectivity index (χ2n) is 1.56. The van der Waals surface area contributed by atoms with E-state index in [1.165, 1.54) is 0 Å². The van der Waals surface area contributed by atoms with Crippen LogP contribution in [-0.2, 0) is 4.79 Å². The van der Waals surface area contributed by atoms with E-state index in [0.717, 1.165) is 12.8 Å². The van der Waals surface area contributed by atoms with Crippen LogP contribution in [0.1, 0.15) is 27.0 Å². The molecule has 0 heterocycles. The molecule has 0 aliphatic heterocycles. The fourth-order valence-electron chi connectivity index (χ4n) is 0.641. The van der Waals surface area contributed by atoms with Gasteiger partial charge >= 0.3 is 0 Å². The summed E-state index contributed by atoms with van der Waals surface area (Å²) in [4.78, 5) is 10.4. The lowest BCUT2D eigenvalue weighted by Gasteiger charge is -1.71. The summed E-state index contributed by atoms with van der Waals surface area (Å²) in [5, 5.41) is 0. The third-order valence-electron chi connectivity index (χ3n) is 0.999. The van der Waals surface area contributed by atoms with Crippen LogP contribution < -0.4 is 0 Å². The van der Waals surface area contributed by atoms with Gasteiger partial charge in [0.1, 0.15) is 5.78 Å². The number of hydrogen-bond donors (Lipinski definition) is 0. The van der Waals surface area contributed by atoms with Crippen molar-refractivity contribution in [3.05, 3.63) is 0 Å². The van der Waals surface area contributed by atoms with Gasteiger partial charge in [-0.2, -0.15) is 0 Å². The molecule has 1 fully saturated rings. The Balaban J connectivity index is 2.48. The van der Waals surface area contributed by atoms with Crippen molar-refractivity contribution in [3.63, 3.8) is 0 Å². The molecule has 1 aliphatic carbocycles. The smallest absolute Gasteiger partial charge is 0.132 e. The van der Waals surface area contributed by atoms with Gasteiger partial charge < -0.3 is 0 Å². The second-order valence-corrected chi connectivity index (χ2v) is 1.56.